The number of hydrogen-bond acceptors (Lipinski definition) is 2. The topological polar surface area (TPSA) is 12.5 Å². The molecule has 3 rings (SSSR count). The summed E-state index contributed by atoms with van der Waals surface area (Å²) in [5, 5.41) is 0.778. The highest BCUT2D eigenvalue weighted by Gasteiger charge is 2.21. The number of likely N-dealkylation sites (tertiary alicyclic amines) is 1. The van der Waals surface area contributed by atoms with Gasteiger partial charge in [0.1, 0.15) is 0 Å². The Morgan fingerprint density at radius 2 is 1.88 bits per heavy atom. The van der Waals surface area contributed by atoms with Crippen LogP contribution in [0.5, 0.6) is 0 Å². The Labute approximate surface area is 150 Å². The van der Waals surface area contributed by atoms with E-state index in [4.69, 9.17) is 16.3 Å². The molecular weight excluding hydrogens is 318 g/mol. The number of nitrogens with zero attached hydrogens (tertiary/aromatic N) is 1. The minimum absolute atomic E-state index is 0.0964. The third-order valence-electron chi connectivity index (χ3n) is 4.95. The van der Waals surface area contributed by atoms with E-state index < -0.39 is 0 Å². The average molecular weight is 344 g/mol. The number of ether oxygens (including phenoxy) is 1. The van der Waals surface area contributed by atoms with E-state index in [1.807, 2.05) is 12.1 Å². The zero-order valence-corrected chi connectivity index (χ0v) is 15.1. The van der Waals surface area contributed by atoms with Gasteiger partial charge >= 0.3 is 0 Å². The molecule has 0 amide bonds. The molecular formula is C21H26ClNO. The summed E-state index contributed by atoms with van der Waals surface area (Å²) >= 11 is 6.00. The summed E-state index contributed by atoms with van der Waals surface area (Å²) < 4.78 is 6.31. The summed E-state index contributed by atoms with van der Waals surface area (Å²) in [6, 6.07) is 19.3. The second-order valence-electron chi connectivity index (χ2n) is 6.67. The molecule has 1 heterocycles. The van der Waals surface area contributed by atoms with Crippen LogP contribution in [-0.2, 0) is 11.2 Å². The van der Waals surface area contributed by atoms with E-state index in [2.05, 4.69) is 54.4 Å². The van der Waals surface area contributed by atoms with Crippen molar-refractivity contribution < 1.29 is 4.74 Å². The summed E-state index contributed by atoms with van der Waals surface area (Å²) in [6.07, 6.45) is 4.70. The molecule has 0 N–H and O–H groups in total. The van der Waals surface area contributed by atoms with Gasteiger partial charge in [-0.3, -0.25) is 0 Å². The lowest BCUT2D eigenvalue weighted by Gasteiger charge is -2.22. The summed E-state index contributed by atoms with van der Waals surface area (Å²) in [7, 11) is 2.22. The van der Waals surface area contributed by atoms with E-state index in [0.29, 0.717) is 6.04 Å². The molecule has 2 atom stereocenters. The fourth-order valence-corrected chi connectivity index (χ4v) is 3.59. The maximum absolute atomic E-state index is 6.31. The van der Waals surface area contributed by atoms with Gasteiger partial charge in [0.2, 0.25) is 0 Å². The molecule has 24 heavy (non-hydrogen) atoms. The summed E-state index contributed by atoms with van der Waals surface area (Å²) in [5.74, 6) is 0. The molecule has 0 aromatic heterocycles. The highest BCUT2D eigenvalue weighted by atomic mass is 35.5. The fourth-order valence-electron chi connectivity index (χ4n) is 3.47. The van der Waals surface area contributed by atoms with Gasteiger partial charge in [-0.15, -0.1) is 0 Å². The van der Waals surface area contributed by atoms with Crippen LogP contribution in [0.2, 0.25) is 5.02 Å². The molecule has 1 unspecified atom stereocenters. The number of benzene rings is 2. The lowest BCUT2D eigenvalue weighted by atomic mass is 10.0. The van der Waals surface area contributed by atoms with Crippen molar-refractivity contribution in [1.82, 2.24) is 4.90 Å². The fraction of sp³-hybridized carbons (Fsp3) is 0.429. The van der Waals surface area contributed by atoms with Crippen LogP contribution >= 0.6 is 11.6 Å². The SMILES string of the molecule is CN1CCC[C@@H]1CCOC(Cc1ccc(Cl)cc1)c1ccccc1. The number of halogens is 1. The third-order valence-corrected chi connectivity index (χ3v) is 5.20. The van der Waals surface area contributed by atoms with E-state index in [-0.39, 0.29) is 6.10 Å². The van der Waals surface area contributed by atoms with Crippen LogP contribution in [0.25, 0.3) is 0 Å². The molecule has 128 valence electrons. The molecule has 0 radical (unpaired) electrons. The van der Waals surface area contributed by atoms with Gasteiger partial charge in [0, 0.05) is 24.1 Å². The lowest BCUT2D eigenvalue weighted by molar-refractivity contribution is 0.0415. The number of hydrogen-bond donors (Lipinski definition) is 0. The molecule has 2 nitrogen and oxygen atoms in total. The Morgan fingerprint density at radius 1 is 1.12 bits per heavy atom. The van der Waals surface area contributed by atoms with Crippen LogP contribution < -0.4 is 0 Å². The molecule has 2 aromatic rings. The van der Waals surface area contributed by atoms with Crippen LogP contribution in [0.3, 0.4) is 0 Å². The van der Waals surface area contributed by atoms with Crippen LogP contribution in [0, 0.1) is 0 Å². The first-order valence-electron chi connectivity index (χ1n) is 8.83. The highest BCUT2D eigenvalue weighted by Crippen LogP contribution is 2.25. The van der Waals surface area contributed by atoms with Gasteiger partial charge in [-0.05, 0) is 56.1 Å². The molecule has 0 saturated carbocycles. The van der Waals surface area contributed by atoms with Gasteiger partial charge in [-0.25, -0.2) is 0 Å². The molecule has 1 fully saturated rings. The molecule has 1 aliphatic rings. The van der Waals surface area contributed by atoms with Crippen molar-refractivity contribution in [3.8, 4) is 0 Å². The van der Waals surface area contributed by atoms with Crippen molar-refractivity contribution >= 4 is 11.6 Å². The van der Waals surface area contributed by atoms with E-state index in [1.54, 1.807) is 0 Å². The van der Waals surface area contributed by atoms with Crippen LogP contribution in [0.15, 0.2) is 54.6 Å². The predicted octanol–water partition coefficient (Wildman–Crippen LogP) is 5.12. The molecule has 1 saturated heterocycles. The molecule has 2 aromatic carbocycles. The second kappa shape index (κ2) is 8.66. The summed E-state index contributed by atoms with van der Waals surface area (Å²) in [5.41, 5.74) is 2.50. The van der Waals surface area contributed by atoms with E-state index in [0.717, 1.165) is 24.5 Å². The van der Waals surface area contributed by atoms with Gasteiger partial charge in [0.05, 0.1) is 6.10 Å². The van der Waals surface area contributed by atoms with Crippen LogP contribution in [0.4, 0.5) is 0 Å². The monoisotopic (exact) mass is 343 g/mol. The maximum atomic E-state index is 6.31. The molecule has 0 spiro atoms. The minimum atomic E-state index is 0.0964. The van der Waals surface area contributed by atoms with Gasteiger partial charge in [-0.1, -0.05) is 54.1 Å². The highest BCUT2D eigenvalue weighted by molar-refractivity contribution is 6.30. The van der Waals surface area contributed by atoms with Crippen molar-refractivity contribution in [3.05, 3.63) is 70.7 Å². The standard InChI is InChI=1S/C21H26ClNO/c1-23-14-5-8-20(23)13-15-24-21(18-6-3-2-4-7-18)16-17-9-11-19(22)12-10-17/h2-4,6-7,9-12,20-21H,5,8,13-16H2,1H3/t20-,21?/m1/s1. The normalized spacial score (nSPS) is 19.5. The Balaban J connectivity index is 1.62. The van der Waals surface area contributed by atoms with Crippen molar-refractivity contribution in [2.45, 2.75) is 37.8 Å². The zero-order valence-electron chi connectivity index (χ0n) is 14.3. The van der Waals surface area contributed by atoms with Crippen molar-refractivity contribution in [2.75, 3.05) is 20.2 Å². The number of rotatable bonds is 7. The maximum Gasteiger partial charge on any atom is 0.0865 e. The molecule has 0 bridgehead atoms. The quantitative estimate of drug-likeness (QED) is 0.691. The van der Waals surface area contributed by atoms with Gasteiger partial charge < -0.3 is 9.64 Å². The largest absolute Gasteiger partial charge is 0.373 e. The van der Waals surface area contributed by atoms with Gasteiger partial charge in [0.25, 0.3) is 0 Å². The Morgan fingerprint density at radius 3 is 2.54 bits per heavy atom. The van der Waals surface area contributed by atoms with Crippen molar-refractivity contribution in [2.24, 2.45) is 0 Å². The van der Waals surface area contributed by atoms with Crippen molar-refractivity contribution in [3.63, 3.8) is 0 Å². The van der Waals surface area contributed by atoms with Crippen LogP contribution in [0.1, 0.15) is 36.5 Å². The average Bonchev–Trinajstić information content (AvgIpc) is 3.02. The third kappa shape index (κ3) is 4.83. The summed E-state index contributed by atoms with van der Waals surface area (Å²) in [6.45, 7) is 2.03. The first-order valence-corrected chi connectivity index (χ1v) is 9.21. The van der Waals surface area contributed by atoms with Crippen LogP contribution in [-0.4, -0.2) is 31.1 Å². The van der Waals surface area contributed by atoms with E-state index >= 15 is 0 Å². The van der Waals surface area contributed by atoms with Gasteiger partial charge in [0.15, 0.2) is 0 Å². The first kappa shape index (κ1) is 17.5. The van der Waals surface area contributed by atoms with Crippen molar-refractivity contribution in [1.29, 1.82) is 0 Å². The molecule has 3 heteroatoms. The Hall–Kier alpha value is -1.35. The Bertz CT molecular complexity index is 613. The second-order valence-corrected chi connectivity index (χ2v) is 7.10. The predicted molar refractivity (Wildman–Crippen MR) is 101 cm³/mol. The molecule has 1 aliphatic heterocycles. The smallest absolute Gasteiger partial charge is 0.0865 e. The van der Waals surface area contributed by atoms with E-state index in [9.17, 15) is 0 Å². The lowest BCUT2D eigenvalue weighted by Crippen LogP contribution is -2.26. The summed E-state index contributed by atoms with van der Waals surface area (Å²) in [4.78, 5) is 2.46. The van der Waals surface area contributed by atoms with Gasteiger partial charge in [-0.2, -0.15) is 0 Å². The minimum Gasteiger partial charge on any atom is -0.373 e. The molecule has 0 aliphatic carbocycles. The Kier molecular flexibility index (Phi) is 6.30. The first-order chi connectivity index (χ1) is 11.7. The van der Waals surface area contributed by atoms with E-state index in [1.165, 1.54) is 30.5 Å². The zero-order chi connectivity index (χ0) is 16.8.